The minimum atomic E-state index is 0.0904. The lowest BCUT2D eigenvalue weighted by Crippen LogP contribution is -2.28. The fourth-order valence-corrected chi connectivity index (χ4v) is 1.77. The summed E-state index contributed by atoms with van der Waals surface area (Å²) in [5.41, 5.74) is 7.12. The van der Waals surface area contributed by atoms with Gasteiger partial charge < -0.3 is 20.6 Å². The summed E-state index contributed by atoms with van der Waals surface area (Å²) in [5.74, 6) is 0.899. The minimum Gasteiger partial charge on any atom is -0.409 e. The molecule has 0 radical (unpaired) electrons. The van der Waals surface area contributed by atoms with Crippen LogP contribution in [-0.2, 0) is 4.74 Å². The van der Waals surface area contributed by atoms with E-state index in [4.69, 9.17) is 15.7 Å². The summed E-state index contributed by atoms with van der Waals surface area (Å²) in [4.78, 5) is 6.57. The van der Waals surface area contributed by atoms with E-state index in [1.807, 2.05) is 19.9 Å². The first-order chi connectivity index (χ1) is 9.12. The molecule has 0 aliphatic carbocycles. The molecule has 0 amide bonds. The Hall–Kier alpha value is -1.82. The molecule has 6 heteroatoms. The van der Waals surface area contributed by atoms with Crippen LogP contribution in [0.5, 0.6) is 0 Å². The molecule has 0 unspecified atom stereocenters. The number of aromatic nitrogens is 1. The van der Waals surface area contributed by atoms with Gasteiger partial charge in [-0.2, -0.15) is 0 Å². The van der Waals surface area contributed by atoms with Crippen LogP contribution in [0.1, 0.15) is 25.1 Å². The third kappa shape index (κ3) is 4.40. The number of amidine groups is 1. The van der Waals surface area contributed by atoms with Crippen molar-refractivity contribution in [2.75, 3.05) is 31.2 Å². The van der Waals surface area contributed by atoms with Gasteiger partial charge in [-0.3, -0.25) is 0 Å². The van der Waals surface area contributed by atoms with E-state index in [2.05, 4.69) is 22.0 Å². The van der Waals surface area contributed by atoms with Crippen LogP contribution >= 0.6 is 0 Å². The second-order valence-electron chi connectivity index (χ2n) is 4.12. The lowest BCUT2D eigenvalue weighted by atomic mass is 10.2. The molecule has 1 aromatic heterocycles. The van der Waals surface area contributed by atoms with Gasteiger partial charge in [0.25, 0.3) is 0 Å². The third-order valence-corrected chi connectivity index (χ3v) is 2.76. The number of ether oxygens (including phenoxy) is 1. The topological polar surface area (TPSA) is 84.0 Å². The van der Waals surface area contributed by atoms with Crippen molar-refractivity contribution in [3.8, 4) is 0 Å². The maximum atomic E-state index is 8.75. The Morgan fingerprint density at radius 1 is 1.47 bits per heavy atom. The predicted molar refractivity (Wildman–Crippen MR) is 75.9 cm³/mol. The first-order valence-corrected chi connectivity index (χ1v) is 6.41. The van der Waals surface area contributed by atoms with Gasteiger partial charge in [-0.1, -0.05) is 5.16 Å². The molecule has 0 saturated carbocycles. The molecule has 106 valence electrons. The van der Waals surface area contributed by atoms with Crippen LogP contribution in [0.25, 0.3) is 0 Å². The van der Waals surface area contributed by atoms with Gasteiger partial charge in [-0.15, -0.1) is 0 Å². The summed E-state index contributed by atoms with van der Waals surface area (Å²) in [6, 6.07) is 3.60. The van der Waals surface area contributed by atoms with E-state index in [0.717, 1.165) is 24.6 Å². The largest absolute Gasteiger partial charge is 0.409 e. The zero-order valence-electron chi connectivity index (χ0n) is 11.8. The van der Waals surface area contributed by atoms with Crippen molar-refractivity contribution in [2.24, 2.45) is 10.9 Å². The molecule has 0 aliphatic rings. The zero-order chi connectivity index (χ0) is 14.3. The number of nitrogens with two attached hydrogens (primary N) is 1. The Balaban J connectivity index is 2.93. The van der Waals surface area contributed by atoms with E-state index in [1.165, 1.54) is 0 Å². The van der Waals surface area contributed by atoms with Gasteiger partial charge in [0, 0.05) is 31.0 Å². The number of anilines is 1. The minimum absolute atomic E-state index is 0.0904. The summed E-state index contributed by atoms with van der Waals surface area (Å²) in [7, 11) is 0. The molecular formula is C13H22N4O2. The molecule has 1 rings (SSSR count). The Morgan fingerprint density at radius 3 is 2.79 bits per heavy atom. The molecule has 0 fully saturated rings. The van der Waals surface area contributed by atoms with Crippen LogP contribution in [0.4, 0.5) is 5.82 Å². The summed E-state index contributed by atoms with van der Waals surface area (Å²) in [6.07, 6.45) is 0. The zero-order valence-corrected chi connectivity index (χ0v) is 11.8. The van der Waals surface area contributed by atoms with Gasteiger partial charge in [-0.25, -0.2) is 4.98 Å². The van der Waals surface area contributed by atoms with Crippen molar-refractivity contribution in [1.29, 1.82) is 0 Å². The number of oxime groups is 1. The van der Waals surface area contributed by atoms with Gasteiger partial charge in [0.2, 0.25) is 0 Å². The number of rotatable bonds is 7. The summed E-state index contributed by atoms with van der Waals surface area (Å²) in [6.45, 7) is 8.84. The van der Waals surface area contributed by atoms with E-state index >= 15 is 0 Å². The van der Waals surface area contributed by atoms with Crippen LogP contribution in [0.2, 0.25) is 0 Å². The smallest absolute Gasteiger partial charge is 0.170 e. The lowest BCUT2D eigenvalue weighted by Gasteiger charge is -2.22. The standard InChI is InChI=1S/C13H22N4O2/c1-4-17(6-7-19-5-2)12-9-11(13(14)16-18)8-10(3)15-12/h8-9,18H,4-7H2,1-3H3,(H2,14,16). The highest BCUT2D eigenvalue weighted by Gasteiger charge is 2.10. The second kappa shape index (κ2) is 7.58. The van der Waals surface area contributed by atoms with Gasteiger partial charge in [0.05, 0.1) is 6.61 Å². The molecule has 0 spiro atoms. The highest BCUT2D eigenvalue weighted by Crippen LogP contribution is 2.14. The fraction of sp³-hybridized carbons (Fsp3) is 0.538. The van der Waals surface area contributed by atoms with E-state index in [-0.39, 0.29) is 5.84 Å². The molecule has 19 heavy (non-hydrogen) atoms. The highest BCUT2D eigenvalue weighted by atomic mass is 16.5. The Morgan fingerprint density at radius 2 is 2.21 bits per heavy atom. The molecule has 0 atom stereocenters. The first-order valence-electron chi connectivity index (χ1n) is 6.41. The second-order valence-corrected chi connectivity index (χ2v) is 4.12. The number of hydrogen-bond acceptors (Lipinski definition) is 5. The van der Waals surface area contributed by atoms with Crippen LogP contribution in [0.15, 0.2) is 17.3 Å². The normalized spacial score (nSPS) is 11.6. The Bertz CT molecular complexity index is 435. The van der Waals surface area contributed by atoms with E-state index in [9.17, 15) is 0 Å². The van der Waals surface area contributed by atoms with Gasteiger partial charge >= 0.3 is 0 Å². The number of pyridine rings is 1. The molecule has 0 aliphatic heterocycles. The third-order valence-electron chi connectivity index (χ3n) is 2.76. The van der Waals surface area contributed by atoms with Crippen molar-refractivity contribution in [3.63, 3.8) is 0 Å². The van der Waals surface area contributed by atoms with Crippen molar-refractivity contribution in [2.45, 2.75) is 20.8 Å². The number of likely N-dealkylation sites (N-methyl/N-ethyl adjacent to an activating group) is 1. The van der Waals surface area contributed by atoms with E-state index in [0.29, 0.717) is 18.8 Å². The summed E-state index contributed by atoms with van der Waals surface area (Å²) in [5, 5.41) is 11.8. The van der Waals surface area contributed by atoms with E-state index < -0.39 is 0 Å². The van der Waals surface area contributed by atoms with Gasteiger partial charge in [0.15, 0.2) is 5.84 Å². The van der Waals surface area contributed by atoms with Crippen LogP contribution in [0.3, 0.4) is 0 Å². The Labute approximate surface area is 113 Å². The van der Waals surface area contributed by atoms with Crippen LogP contribution in [-0.4, -0.2) is 42.3 Å². The van der Waals surface area contributed by atoms with Gasteiger partial charge in [-0.05, 0) is 32.9 Å². The number of aryl methyl sites for hydroxylation is 1. The summed E-state index contributed by atoms with van der Waals surface area (Å²) >= 11 is 0. The van der Waals surface area contributed by atoms with Gasteiger partial charge in [0.1, 0.15) is 5.82 Å². The molecule has 3 N–H and O–H groups in total. The maximum Gasteiger partial charge on any atom is 0.170 e. The van der Waals surface area contributed by atoms with Crippen molar-refractivity contribution in [1.82, 2.24) is 4.98 Å². The monoisotopic (exact) mass is 266 g/mol. The average Bonchev–Trinajstić information content (AvgIpc) is 2.42. The van der Waals surface area contributed by atoms with Crippen molar-refractivity contribution < 1.29 is 9.94 Å². The molecule has 1 heterocycles. The summed E-state index contributed by atoms with van der Waals surface area (Å²) < 4.78 is 5.36. The number of nitrogens with zero attached hydrogens (tertiary/aromatic N) is 3. The van der Waals surface area contributed by atoms with E-state index in [1.54, 1.807) is 6.07 Å². The molecule has 0 bridgehead atoms. The molecule has 1 aromatic rings. The van der Waals surface area contributed by atoms with Crippen LogP contribution < -0.4 is 10.6 Å². The van der Waals surface area contributed by atoms with Crippen molar-refractivity contribution >= 4 is 11.7 Å². The number of hydrogen-bond donors (Lipinski definition) is 2. The maximum absolute atomic E-state index is 8.75. The quantitative estimate of drug-likeness (QED) is 0.256. The molecular weight excluding hydrogens is 244 g/mol. The SMILES string of the molecule is CCOCCN(CC)c1cc(/C(N)=N/O)cc(C)n1. The molecule has 0 saturated heterocycles. The average molecular weight is 266 g/mol. The predicted octanol–water partition coefficient (Wildman–Crippen LogP) is 1.35. The lowest BCUT2D eigenvalue weighted by molar-refractivity contribution is 0.154. The Kier molecular flexibility index (Phi) is 6.08. The fourth-order valence-electron chi connectivity index (χ4n) is 1.77. The highest BCUT2D eigenvalue weighted by molar-refractivity contribution is 5.97. The first kappa shape index (κ1) is 15.2. The molecule has 6 nitrogen and oxygen atoms in total. The molecule has 0 aromatic carbocycles. The van der Waals surface area contributed by atoms with Crippen molar-refractivity contribution in [3.05, 3.63) is 23.4 Å². The van der Waals surface area contributed by atoms with Crippen LogP contribution in [0, 0.1) is 6.92 Å².